The molecule has 0 radical (unpaired) electrons. The van der Waals surface area contributed by atoms with E-state index in [1.165, 1.54) is 4.90 Å². The van der Waals surface area contributed by atoms with Crippen LogP contribution >= 0.6 is 15.9 Å². The zero-order valence-corrected chi connectivity index (χ0v) is 9.63. The van der Waals surface area contributed by atoms with Crippen LogP contribution in [0.25, 0.3) is 0 Å². The summed E-state index contributed by atoms with van der Waals surface area (Å²) in [4.78, 5) is 12.8. The molecule has 0 bridgehead atoms. The topological polar surface area (TPSA) is 58.4 Å². The lowest BCUT2D eigenvalue weighted by molar-refractivity contribution is 0.230. The highest BCUT2D eigenvalue weighted by molar-refractivity contribution is 9.10. The maximum Gasteiger partial charge on any atom is 0.321 e. The van der Waals surface area contributed by atoms with Crippen molar-refractivity contribution in [3.05, 3.63) is 22.7 Å². The Hall–Kier alpha value is -1.23. The van der Waals surface area contributed by atoms with Gasteiger partial charge in [-0.3, -0.25) is 0 Å². The number of anilines is 2. The number of halogens is 1. The Labute approximate surface area is 91.2 Å². The Balaban J connectivity index is 2.86. The lowest BCUT2D eigenvalue weighted by Gasteiger charge is -2.13. The molecule has 0 aliphatic heterocycles. The maximum absolute atomic E-state index is 11.3. The number of nitrogen functional groups attached to an aromatic ring is 1. The molecule has 1 rings (SSSR count). The maximum atomic E-state index is 11.3. The third-order valence-electron chi connectivity index (χ3n) is 1.64. The van der Waals surface area contributed by atoms with E-state index in [0.29, 0.717) is 11.4 Å². The standard InChI is InChI=1S/C9H12BrN3O/c1-13(2)9(14)12-8-5-6(11)3-4-7(8)10/h3-5H,11H2,1-2H3,(H,12,14). The van der Waals surface area contributed by atoms with Gasteiger partial charge in [-0.15, -0.1) is 0 Å². The van der Waals surface area contributed by atoms with Crippen LogP contribution in [0.15, 0.2) is 22.7 Å². The van der Waals surface area contributed by atoms with E-state index < -0.39 is 0 Å². The molecule has 0 spiro atoms. The average Bonchev–Trinajstić information content (AvgIpc) is 2.11. The number of rotatable bonds is 1. The van der Waals surface area contributed by atoms with Crippen LogP contribution in [0, 0.1) is 0 Å². The minimum absolute atomic E-state index is 0.184. The van der Waals surface area contributed by atoms with Crippen LogP contribution in [0.1, 0.15) is 0 Å². The second kappa shape index (κ2) is 4.32. The van der Waals surface area contributed by atoms with Gasteiger partial charge in [0, 0.05) is 24.3 Å². The van der Waals surface area contributed by atoms with Gasteiger partial charge in [-0.2, -0.15) is 0 Å². The van der Waals surface area contributed by atoms with Crippen molar-refractivity contribution < 1.29 is 4.79 Å². The van der Waals surface area contributed by atoms with Crippen molar-refractivity contribution >= 4 is 33.3 Å². The molecule has 0 heterocycles. The molecule has 1 aromatic rings. The number of nitrogens with two attached hydrogens (primary N) is 1. The summed E-state index contributed by atoms with van der Waals surface area (Å²) in [5, 5.41) is 2.71. The molecule has 0 aliphatic rings. The van der Waals surface area contributed by atoms with E-state index >= 15 is 0 Å². The van der Waals surface area contributed by atoms with Gasteiger partial charge in [0.15, 0.2) is 0 Å². The monoisotopic (exact) mass is 257 g/mol. The summed E-state index contributed by atoms with van der Waals surface area (Å²) in [7, 11) is 3.35. The Bertz CT molecular complexity index is 352. The summed E-state index contributed by atoms with van der Waals surface area (Å²) in [6, 6.07) is 5.07. The molecule has 4 nitrogen and oxygen atoms in total. The first kappa shape index (κ1) is 10.8. The SMILES string of the molecule is CN(C)C(=O)Nc1cc(N)ccc1Br. The predicted molar refractivity (Wildman–Crippen MR) is 61.3 cm³/mol. The second-order valence-corrected chi connectivity index (χ2v) is 3.92. The highest BCUT2D eigenvalue weighted by atomic mass is 79.9. The van der Waals surface area contributed by atoms with Crippen molar-refractivity contribution in [3.63, 3.8) is 0 Å². The van der Waals surface area contributed by atoms with Gasteiger partial charge in [-0.1, -0.05) is 0 Å². The van der Waals surface area contributed by atoms with Gasteiger partial charge < -0.3 is 16.0 Å². The molecule has 14 heavy (non-hydrogen) atoms. The van der Waals surface area contributed by atoms with Crippen molar-refractivity contribution in [2.45, 2.75) is 0 Å². The highest BCUT2D eigenvalue weighted by Gasteiger charge is 2.06. The van der Waals surface area contributed by atoms with Crippen molar-refractivity contribution in [2.24, 2.45) is 0 Å². The molecule has 0 fully saturated rings. The van der Waals surface area contributed by atoms with Crippen molar-refractivity contribution in [3.8, 4) is 0 Å². The molecule has 1 aromatic carbocycles. The number of nitrogens with one attached hydrogen (secondary N) is 1. The summed E-state index contributed by atoms with van der Waals surface area (Å²) in [6.07, 6.45) is 0. The van der Waals surface area contributed by atoms with Crippen LogP contribution in [0.4, 0.5) is 16.2 Å². The van der Waals surface area contributed by atoms with Crippen LogP contribution in [0.3, 0.4) is 0 Å². The minimum atomic E-state index is -0.184. The first-order valence-electron chi connectivity index (χ1n) is 4.04. The molecular weight excluding hydrogens is 246 g/mol. The summed E-state index contributed by atoms with van der Waals surface area (Å²) >= 11 is 3.32. The van der Waals surface area contributed by atoms with E-state index in [1.54, 1.807) is 32.3 Å². The zero-order valence-electron chi connectivity index (χ0n) is 8.04. The number of carbonyl (C=O) groups excluding carboxylic acids is 1. The number of nitrogens with zero attached hydrogens (tertiary/aromatic N) is 1. The van der Waals surface area contributed by atoms with Crippen molar-refractivity contribution in [1.82, 2.24) is 4.90 Å². The van der Waals surface area contributed by atoms with Crippen LogP contribution in [0.2, 0.25) is 0 Å². The molecule has 0 saturated carbocycles. The number of urea groups is 1. The van der Waals surface area contributed by atoms with Gasteiger partial charge >= 0.3 is 6.03 Å². The van der Waals surface area contributed by atoms with E-state index in [9.17, 15) is 4.79 Å². The molecule has 0 unspecified atom stereocenters. The predicted octanol–water partition coefficient (Wildman–Crippen LogP) is 2.12. The second-order valence-electron chi connectivity index (χ2n) is 3.06. The Kier molecular flexibility index (Phi) is 3.35. The lowest BCUT2D eigenvalue weighted by Crippen LogP contribution is -2.27. The number of carbonyl (C=O) groups is 1. The molecule has 2 amide bonds. The first-order valence-corrected chi connectivity index (χ1v) is 4.83. The number of hydrogen-bond donors (Lipinski definition) is 2. The van der Waals surface area contributed by atoms with E-state index in [0.717, 1.165) is 4.47 Å². The van der Waals surface area contributed by atoms with Gasteiger partial charge in [0.25, 0.3) is 0 Å². The molecule has 5 heteroatoms. The zero-order chi connectivity index (χ0) is 10.7. The summed E-state index contributed by atoms with van der Waals surface area (Å²) in [5.41, 5.74) is 6.88. The first-order chi connectivity index (χ1) is 6.50. The van der Waals surface area contributed by atoms with E-state index in [1.807, 2.05) is 0 Å². The van der Waals surface area contributed by atoms with Gasteiger partial charge in [0.1, 0.15) is 0 Å². The quantitative estimate of drug-likeness (QED) is 0.758. The Morgan fingerprint density at radius 2 is 2.14 bits per heavy atom. The summed E-state index contributed by atoms with van der Waals surface area (Å²) < 4.78 is 0.807. The van der Waals surface area contributed by atoms with E-state index in [4.69, 9.17) is 5.73 Å². The van der Waals surface area contributed by atoms with Crippen molar-refractivity contribution in [1.29, 1.82) is 0 Å². The molecule has 0 aliphatic carbocycles. The Morgan fingerprint density at radius 1 is 1.50 bits per heavy atom. The number of benzene rings is 1. The van der Waals surface area contributed by atoms with E-state index in [-0.39, 0.29) is 6.03 Å². The highest BCUT2D eigenvalue weighted by Crippen LogP contribution is 2.24. The molecule has 76 valence electrons. The molecule has 0 atom stereocenters. The average molecular weight is 258 g/mol. The van der Waals surface area contributed by atoms with Crippen LogP contribution in [-0.4, -0.2) is 25.0 Å². The van der Waals surface area contributed by atoms with Crippen LogP contribution < -0.4 is 11.1 Å². The largest absolute Gasteiger partial charge is 0.399 e. The Morgan fingerprint density at radius 3 is 2.71 bits per heavy atom. The fourth-order valence-electron chi connectivity index (χ4n) is 0.866. The van der Waals surface area contributed by atoms with Crippen LogP contribution in [-0.2, 0) is 0 Å². The van der Waals surface area contributed by atoms with Gasteiger partial charge in [0.05, 0.1) is 5.69 Å². The summed E-state index contributed by atoms with van der Waals surface area (Å²) in [6.45, 7) is 0. The number of hydrogen-bond acceptors (Lipinski definition) is 2. The normalized spacial score (nSPS) is 9.64. The number of amides is 2. The van der Waals surface area contributed by atoms with Crippen molar-refractivity contribution in [2.75, 3.05) is 25.1 Å². The van der Waals surface area contributed by atoms with Gasteiger partial charge in [-0.05, 0) is 34.1 Å². The smallest absolute Gasteiger partial charge is 0.321 e. The fraction of sp³-hybridized carbons (Fsp3) is 0.222. The molecule has 3 N–H and O–H groups in total. The van der Waals surface area contributed by atoms with Gasteiger partial charge in [-0.25, -0.2) is 4.79 Å². The molecule has 0 saturated heterocycles. The minimum Gasteiger partial charge on any atom is -0.399 e. The fourth-order valence-corrected chi connectivity index (χ4v) is 1.21. The van der Waals surface area contributed by atoms with E-state index in [2.05, 4.69) is 21.2 Å². The lowest BCUT2D eigenvalue weighted by atomic mass is 10.3. The van der Waals surface area contributed by atoms with Crippen LogP contribution in [0.5, 0.6) is 0 Å². The molecule has 0 aromatic heterocycles. The van der Waals surface area contributed by atoms with Gasteiger partial charge in [0.2, 0.25) is 0 Å². The third-order valence-corrected chi connectivity index (χ3v) is 2.33. The molecular formula is C9H12BrN3O. The summed E-state index contributed by atoms with van der Waals surface area (Å²) in [5.74, 6) is 0. The third kappa shape index (κ3) is 2.63.